The van der Waals surface area contributed by atoms with Crippen LogP contribution in [0.4, 0.5) is 0 Å². The van der Waals surface area contributed by atoms with Crippen LogP contribution in [0, 0.1) is 16.7 Å². The van der Waals surface area contributed by atoms with Gasteiger partial charge in [-0.25, -0.2) is 0 Å². The number of aromatic amines is 1. The zero-order valence-electron chi connectivity index (χ0n) is 11.7. The van der Waals surface area contributed by atoms with E-state index in [9.17, 15) is 10.2 Å². The molecule has 0 aliphatic heterocycles. The van der Waals surface area contributed by atoms with Crippen molar-refractivity contribution in [3.05, 3.63) is 35.5 Å². The highest BCUT2D eigenvalue weighted by Gasteiger charge is 2.12. The van der Waals surface area contributed by atoms with Crippen LogP contribution in [0.3, 0.4) is 0 Å². The molecule has 1 aromatic heterocycles. The zero-order chi connectivity index (χ0) is 16.1. The quantitative estimate of drug-likeness (QED) is 0.274. The van der Waals surface area contributed by atoms with Gasteiger partial charge in [0.2, 0.25) is 0 Å². The molecule has 2 rings (SSSR count). The number of para-hydroxylation sites is 1. The van der Waals surface area contributed by atoms with Gasteiger partial charge in [-0.05, 0) is 18.2 Å². The van der Waals surface area contributed by atoms with Crippen LogP contribution < -0.4 is 5.32 Å². The molecule has 0 saturated heterocycles. The van der Waals surface area contributed by atoms with E-state index in [1.54, 1.807) is 18.2 Å². The maximum Gasteiger partial charge on any atom is 0.148 e. The minimum absolute atomic E-state index is 0.00606. The van der Waals surface area contributed by atoms with Crippen LogP contribution in [-0.4, -0.2) is 45.4 Å². The van der Waals surface area contributed by atoms with Crippen molar-refractivity contribution in [3.63, 3.8) is 0 Å². The molecule has 0 radical (unpaired) electrons. The average molecular weight is 300 g/mol. The molecule has 0 amide bonds. The number of aliphatic hydroxyl groups is 2. The summed E-state index contributed by atoms with van der Waals surface area (Å²) in [6.07, 6.45) is 0.345. The van der Waals surface area contributed by atoms with Crippen LogP contribution in [0.25, 0.3) is 17.0 Å². The molecule has 1 unspecified atom stereocenters. The number of nitrogens with zero attached hydrogens (tertiary/aromatic N) is 1. The average Bonchev–Trinajstić information content (AvgIpc) is 2.86. The van der Waals surface area contributed by atoms with Gasteiger partial charge in [0.15, 0.2) is 0 Å². The fraction of sp³-hybridized carbons (Fsp3) is 0.200. The molecule has 0 aliphatic rings. The second-order valence-corrected chi connectivity index (χ2v) is 4.69. The Kier molecular flexibility index (Phi) is 4.78. The number of hydrogen-bond acceptors (Lipinski definition) is 5. The molecule has 22 heavy (non-hydrogen) atoms. The van der Waals surface area contributed by atoms with Gasteiger partial charge < -0.3 is 25.6 Å². The van der Waals surface area contributed by atoms with E-state index < -0.39 is 12.7 Å². The fourth-order valence-corrected chi connectivity index (χ4v) is 1.94. The lowest BCUT2D eigenvalue weighted by Gasteiger charge is -2.10. The number of fused-ring (bicyclic) bond motifs is 1. The molecule has 0 fully saturated rings. The van der Waals surface area contributed by atoms with E-state index in [1.165, 1.54) is 6.08 Å². The van der Waals surface area contributed by atoms with Gasteiger partial charge in [-0.1, -0.05) is 12.1 Å². The van der Waals surface area contributed by atoms with Crippen LogP contribution in [-0.2, 0) is 0 Å². The molecule has 1 aromatic carbocycles. The maximum atomic E-state index is 10.1. The maximum absolute atomic E-state index is 10.1. The number of nitrogens with one attached hydrogen (secondary N) is 3. The van der Waals surface area contributed by atoms with Gasteiger partial charge in [-0.15, -0.1) is 0 Å². The number of benzene rings is 1. The van der Waals surface area contributed by atoms with Crippen molar-refractivity contribution in [3.8, 4) is 11.8 Å². The van der Waals surface area contributed by atoms with Gasteiger partial charge in [-0.3, -0.25) is 5.41 Å². The third-order valence-corrected chi connectivity index (χ3v) is 3.11. The number of aromatic nitrogens is 1. The third-order valence-electron chi connectivity index (χ3n) is 3.11. The van der Waals surface area contributed by atoms with Crippen molar-refractivity contribution in [2.75, 3.05) is 13.2 Å². The SMILES string of the molecule is N#C/C(=C\c1[nH]c2ccccc2c1O)C(=N)NCC(O)CO. The van der Waals surface area contributed by atoms with Crippen LogP contribution >= 0.6 is 0 Å². The number of rotatable bonds is 5. The van der Waals surface area contributed by atoms with E-state index in [2.05, 4.69) is 10.3 Å². The standard InChI is InChI=1S/C15H16N4O3/c16-6-9(15(17)18-7-10(21)8-20)5-13-14(22)11-3-1-2-4-12(11)19-13/h1-5,10,19-22H,7-8H2,(H2,17,18)/b9-5+. The summed E-state index contributed by atoms with van der Waals surface area (Å²) >= 11 is 0. The van der Waals surface area contributed by atoms with E-state index >= 15 is 0 Å². The van der Waals surface area contributed by atoms with E-state index in [4.69, 9.17) is 15.8 Å². The fourth-order valence-electron chi connectivity index (χ4n) is 1.94. The molecule has 0 aliphatic carbocycles. The minimum atomic E-state index is -1.01. The van der Waals surface area contributed by atoms with Crippen molar-refractivity contribution >= 4 is 22.8 Å². The first-order valence-electron chi connectivity index (χ1n) is 6.60. The van der Waals surface area contributed by atoms with E-state index in [0.29, 0.717) is 11.1 Å². The summed E-state index contributed by atoms with van der Waals surface area (Å²) in [4.78, 5) is 2.97. The Balaban J connectivity index is 2.26. The van der Waals surface area contributed by atoms with Crippen LogP contribution in [0.15, 0.2) is 29.8 Å². The van der Waals surface area contributed by atoms with Gasteiger partial charge in [0.05, 0.1) is 24.0 Å². The summed E-state index contributed by atoms with van der Waals surface area (Å²) in [5.41, 5.74) is 1.04. The second-order valence-electron chi connectivity index (χ2n) is 4.69. The van der Waals surface area contributed by atoms with Crippen molar-refractivity contribution in [2.24, 2.45) is 0 Å². The Morgan fingerprint density at radius 2 is 2.18 bits per heavy atom. The molecule has 7 heteroatoms. The number of hydrogen-bond donors (Lipinski definition) is 6. The van der Waals surface area contributed by atoms with Crippen LogP contribution in [0.1, 0.15) is 5.69 Å². The zero-order valence-corrected chi connectivity index (χ0v) is 11.7. The first-order valence-corrected chi connectivity index (χ1v) is 6.60. The predicted octanol–water partition coefficient (Wildman–Crippen LogP) is 0.701. The Hall–Kier alpha value is -2.82. The van der Waals surface area contributed by atoms with Crippen molar-refractivity contribution in [2.45, 2.75) is 6.10 Å². The van der Waals surface area contributed by atoms with Gasteiger partial charge in [0, 0.05) is 17.4 Å². The molecule has 0 spiro atoms. The normalized spacial score (nSPS) is 12.9. The minimum Gasteiger partial charge on any atom is -0.505 e. The van der Waals surface area contributed by atoms with Crippen LogP contribution in [0.2, 0.25) is 0 Å². The van der Waals surface area contributed by atoms with Crippen molar-refractivity contribution < 1.29 is 15.3 Å². The Morgan fingerprint density at radius 1 is 1.45 bits per heavy atom. The Labute approximate surface area is 126 Å². The van der Waals surface area contributed by atoms with Gasteiger partial charge in [-0.2, -0.15) is 5.26 Å². The number of H-pyrrole nitrogens is 1. The van der Waals surface area contributed by atoms with Gasteiger partial charge >= 0.3 is 0 Å². The monoisotopic (exact) mass is 300 g/mol. The number of aromatic hydroxyl groups is 1. The predicted molar refractivity (Wildman–Crippen MR) is 82.4 cm³/mol. The molecular weight excluding hydrogens is 284 g/mol. The largest absolute Gasteiger partial charge is 0.505 e. The molecular formula is C15H16N4O3. The van der Waals surface area contributed by atoms with E-state index in [1.807, 2.05) is 12.1 Å². The first-order chi connectivity index (χ1) is 10.6. The molecule has 1 atom stereocenters. The van der Waals surface area contributed by atoms with Gasteiger partial charge in [0.1, 0.15) is 17.7 Å². The molecule has 0 saturated carbocycles. The van der Waals surface area contributed by atoms with Crippen molar-refractivity contribution in [1.29, 1.82) is 10.7 Å². The van der Waals surface area contributed by atoms with Gasteiger partial charge in [0.25, 0.3) is 0 Å². The highest BCUT2D eigenvalue weighted by molar-refractivity contribution is 6.04. The third kappa shape index (κ3) is 3.25. The number of aliphatic hydroxyl groups excluding tert-OH is 2. The topological polar surface area (TPSA) is 136 Å². The molecule has 6 N–H and O–H groups in total. The summed E-state index contributed by atoms with van der Waals surface area (Å²) in [5.74, 6) is -0.195. The molecule has 7 nitrogen and oxygen atoms in total. The summed E-state index contributed by atoms with van der Waals surface area (Å²) in [6.45, 7) is -0.484. The smallest absolute Gasteiger partial charge is 0.148 e. The lowest BCUT2D eigenvalue weighted by Crippen LogP contribution is -2.34. The number of amidine groups is 1. The first kappa shape index (κ1) is 15.6. The second kappa shape index (κ2) is 6.76. The Bertz CT molecular complexity index is 758. The molecule has 2 aromatic rings. The summed E-state index contributed by atoms with van der Waals surface area (Å²) < 4.78 is 0. The highest BCUT2D eigenvalue weighted by Crippen LogP contribution is 2.29. The number of nitriles is 1. The lowest BCUT2D eigenvalue weighted by molar-refractivity contribution is 0.0982. The lowest BCUT2D eigenvalue weighted by atomic mass is 10.2. The van der Waals surface area contributed by atoms with E-state index in [0.717, 1.165) is 5.52 Å². The highest BCUT2D eigenvalue weighted by atomic mass is 16.3. The molecule has 114 valence electrons. The van der Waals surface area contributed by atoms with Crippen LogP contribution in [0.5, 0.6) is 5.75 Å². The molecule has 0 bridgehead atoms. The summed E-state index contributed by atoms with van der Waals surface area (Å²) in [7, 11) is 0. The molecule has 1 heterocycles. The van der Waals surface area contributed by atoms with Crippen molar-refractivity contribution in [1.82, 2.24) is 10.3 Å². The Morgan fingerprint density at radius 3 is 2.82 bits per heavy atom. The summed E-state index contributed by atoms with van der Waals surface area (Å²) in [6, 6.07) is 9.00. The van der Waals surface area contributed by atoms with E-state index in [-0.39, 0.29) is 23.7 Å². The summed E-state index contributed by atoms with van der Waals surface area (Å²) in [5, 5.41) is 48.2.